The minimum atomic E-state index is -0.924. The van der Waals surface area contributed by atoms with E-state index in [2.05, 4.69) is 5.32 Å². The van der Waals surface area contributed by atoms with Gasteiger partial charge in [0.05, 0.1) is 19.8 Å². The summed E-state index contributed by atoms with van der Waals surface area (Å²) in [6.45, 7) is 11.9. The minimum Gasteiger partial charge on any atom is -0.490 e. The van der Waals surface area contributed by atoms with Crippen molar-refractivity contribution in [1.82, 2.24) is 10.2 Å². The molecular formula is C25H38N2O7. The molecule has 1 saturated heterocycles. The lowest BCUT2D eigenvalue weighted by molar-refractivity contribution is -0.161. The first-order valence-corrected chi connectivity index (χ1v) is 12.1. The van der Waals surface area contributed by atoms with Crippen molar-refractivity contribution in [3.63, 3.8) is 0 Å². The van der Waals surface area contributed by atoms with Crippen molar-refractivity contribution < 1.29 is 33.3 Å². The molecule has 1 aliphatic rings. The molecule has 190 valence electrons. The molecule has 1 fully saturated rings. The highest BCUT2D eigenvalue weighted by Crippen LogP contribution is 2.39. The second-order valence-electron chi connectivity index (χ2n) is 8.29. The Morgan fingerprint density at radius 2 is 1.50 bits per heavy atom. The van der Waals surface area contributed by atoms with E-state index >= 15 is 0 Å². The fraction of sp³-hybridized carbons (Fsp3) is 0.640. The van der Waals surface area contributed by atoms with E-state index < -0.39 is 18.0 Å². The highest BCUT2D eigenvalue weighted by Gasteiger charge is 2.33. The first kappa shape index (κ1) is 27.3. The summed E-state index contributed by atoms with van der Waals surface area (Å²) < 4.78 is 22.2. The van der Waals surface area contributed by atoms with Gasteiger partial charge in [0, 0.05) is 17.6 Å². The highest BCUT2D eigenvalue weighted by atomic mass is 16.6. The van der Waals surface area contributed by atoms with E-state index in [1.54, 1.807) is 24.0 Å². The first-order valence-electron chi connectivity index (χ1n) is 12.1. The summed E-state index contributed by atoms with van der Waals surface area (Å²) in [6, 6.07) is 3.30. The third-order valence-corrected chi connectivity index (χ3v) is 5.67. The average Bonchev–Trinajstić information content (AvgIpc) is 2.79. The molecule has 9 heteroatoms. The van der Waals surface area contributed by atoms with Crippen LogP contribution >= 0.6 is 0 Å². The second-order valence-corrected chi connectivity index (χ2v) is 8.29. The Hall–Kier alpha value is -2.97. The third kappa shape index (κ3) is 7.01. The van der Waals surface area contributed by atoms with Gasteiger partial charge >= 0.3 is 5.97 Å². The van der Waals surface area contributed by atoms with Crippen molar-refractivity contribution in [3.05, 3.63) is 17.7 Å². The van der Waals surface area contributed by atoms with Gasteiger partial charge in [-0.3, -0.25) is 14.4 Å². The number of amides is 2. The van der Waals surface area contributed by atoms with Crippen molar-refractivity contribution in [1.29, 1.82) is 0 Å². The molecule has 1 N–H and O–H groups in total. The average molecular weight is 479 g/mol. The van der Waals surface area contributed by atoms with Gasteiger partial charge < -0.3 is 29.2 Å². The van der Waals surface area contributed by atoms with Crippen LogP contribution in [0, 0.1) is 0 Å². The topological polar surface area (TPSA) is 103 Å². The Morgan fingerprint density at radius 1 is 0.971 bits per heavy atom. The number of benzene rings is 1. The molecule has 1 aliphatic heterocycles. The quantitative estimate of drug-likeness (QED) is 0.487. The number of nitrogens with one attached hydrogen (secondary N) is 1. The number of likely N-dealkylation sites (tertiary alicyclic amines) is 1. The molecule has 0 radical (unpaired) electrons. The van der Waals surface area contributed by atoms with Crippen LogP contribution in [0.4, 0.5) is 0 Å². The molecular weight excluding hydrogens is 440 g/mol. The monoisotopic (exact) mass is 478 g/mol. The normalized spacial score (nSPS) is 18.6. The van der Waals surface area contributed by atoms with E-state index in [1.165, 1.54) is 0 Å². The van der Waals surface area contributed by atoms with Crippen molar-refractivity contribution in [2.45, 2.75) is 79.0 Å². The maximum Gasteiger partial charge on any atom is 0.326 e. The van der Waals surface area contributed by atoms with Gasteiger partial charge in [0.25, 0.3) is 11.8 Å². The number of piperidine rings is 1. The maximum atomic E-state index is 12.8. The third-order valence-electron chi connectivity index (χ3n) is 5.67. The smallest absolute Gasteiger partial charge is 0.326 e. The van der Waals surface area contributed by atoms with E-state index in [0.29, 0.717) is 37.1 Å². The zero-order valence-corrected chi connectivity index (χ0v) is 21.1. The zero-order valence-electron chi connectivity index (χ0n) is 21.1. The Labute approximate surface area is 202 Å². The zero-order chi connectivity index (χ0) is 25.3. The summed E-state index contributed by atoms with van der Waals surface area (Å²) in [4.78, 5) is 39.7. The van der Waals surface area contributed by atoms with Crippen LogP contribution in [-0.2, 0) is 14.3 Å². The Bertz CT molecular complexity index is 821. The fourth-order valence-corrected chi connectivity index (χ4v) is 4.13. The number of carbonyl (C=O) groups is 3. The van der Waals surface area contributed by atoms with Gasteiger partial charge in [-0.15, -0.1) is 0 Å². The SMILES string of the molecule is CCOc1cc(C(=O)NCC(=O)O[C@@H](C)C(=O)N2[C@H](C)CCC[C@@H]2C)cc(OCC)c1OCC. The molecule has 3 atom stereocenters. The predicted molar refractivity (Wildman–Crippen MR) is 127 cm³/mol. The summed E-state index contributed by atoms with van der Waals surface area (Å²) in [5, 5.41) is 2.54. The minimum absolute atomic E-state index is 0.107. The van der Waals surface area contributed by atoms with Crippen molar-refractivity contribution in [2.75, 3.05) is 26.4 Å². The predicted octanol–water partition coefficient (Wildman–Crippen LogP) is 3.33. The van der Waals surface area contributed by atoms with Crippen LogP contribution in [0.15, 0.2) is 12.1 Å². The lowest BCUT2D eigenvalue weighted by atomic mass is 9.97. The van der Waals surface area contributed by atoms with Crippen LogP contribution in [0.5, 0.6) is 17.2 Å². The Kier molecular flexibility index (Phi) is 10.5. The second kappa shape index (κ2) is 13.1. The van der Waals surface area contributed by atoms with Gasteiger partial charge in [-0.2, -0.15) is 0 Å². The molecule has 0 unspecified atom stereocenters. The van der Waals surface area contributed by atoms with Gasteiger partial charge in [-0.05, 0) is 72.9 Å². The number of rotatable bonds is 11. The van der Waals surface area contributed by atoms with Crippen molar-refractivity contribution in [2.24, 2.45) is 0 Å². The standard InChI is InChI=1S/C25H38N2O7/c1-7-31-20-13-19(14-21(32-8-2)23(20)33-9-3)24(29)26-15-22(28)34-18(6)25(30)27-16(4)11-10-12-17(27)5/h13-14,16-18H,7-12,15H2,1-6H3,(H,26,29)/t16-,17+,18-/m0/s1. The van der Waals surface area contributed by atoms with Crippen LogP contribution in [0.25, 0.3) is 0 Å². The van der Waals surface area contributed by atoms with E-state index in [0.717, 1.165) is 19.3 Å². The lowest BCUT2D eigenvalue weighted by Crippen LogP contribution is -2.51. The molecule has 0 saturated carbocycles. The summed E-state index contributed by atoms with van der Waals surface area (Å²) in [5.41, 5.74) is 0.253. The largest absolute Gasteiger partial charge is 0.490 e. The summed E-state index contributed by atoms with van der Waals surface area (Å²) in [6.07, 6.45) is 2.02. The number of carbonyl (C=O) groups excluding carboxylic acids is 3. The van der Waals surface area contributed by atoms with Gasteiger partial charge in [-0.25, -0.2) is 0 Å². The van der Waals surface area contributed by atoms with Crippen molar-refractivity contribution >= 4 is 17.8 Å². The number of nitrogens with zero attached hydrogens (tertiary/aromatic N) is 1. The summed E-state index contributed by atoms with van der Waals surface area (Å²) >= 11 is 0. The van der Waals surface area contributed by atoms with Crippen LogP contribution < -0.4 is 19.5 Å². The molecule has 2 rings (SSSR count). The number of esters is 1. The van der Waals surface area contributed by atoms with E-state index in [4.69, 9.17) is 18.9 Å². The summed E-state index contributed by atoms with van der Waals surface area (Å²) in [7, 11) is 0. The highest BCUT2D eigenvalue weighted by molar-refractivity contribution is 5.97. The lowest BCUT2D eigenvalue weighted by Gasteiger charge is -2.40. The molecule has 0 bridgehead atoms. The van der Waals surface area contributed by atoms with Gasteiger partial charge in [0.15, 0.2) is 17.6 Å². The molecule has 0 aromatic heterocycles. The van der Waals surface area contributed by atoms with Crippen LogP contribution in [0.3, 0.4) is 0 Å². The Morgan fingerprint density at radius 3 is 2.00 bits per heavy atom. The van der Waals surface area contributed by atoms with Gasteiger partial charge in [-0.1, -0.05) is 0 Å². The molecule has 0 aliphatic carbocycles. The molecule has 2 amide bonds. The molecule has 1 aromatic rings. The van der Waals surface area contributed by atoms with Crippen molar-refractivity contribution in [3.8, 4) is 17.2 Å². The van der Waals surface area contributed by atoms with Gasteiger partial charge in [0.2, 0.25) is 5.75 Å². The summed E-state index contributed by atoms with van der Waals surface area (Å²) in [5.74, 6) is -0.213. The molecule has 0 spiro atoms. The number of ether oxygens (including phenoxy) is 4. The van der Waals surface area contributed by atoms with Gasteiger partial charge in [0.1, 0.15) is 6.54 Å². The van der Waals surface area contributed by atoms with Crippen LogP contribution in [0.1, 0.15) is 71.2 Å². The molecule has 34 heavy (non-hydrogen) atoms. The number of hydrogen-bond donors (Lipinski definition) is 1. The Balaban J connectivity index is 2.02. The van der Waals surface area contributed by atoms with Crippen LogP contribution in [-0.4, -0.2) is 67.2 Å². The van der Waals surface area contributed by atoms with E-state index in [9.17, 15) is 14.4 Å². The first-order chi connectivity index (χ1) is 16.2. The molecule has 1 aromatic carbocycles. The van der Waals surface area contributed by atoms with E-state index in [1.807, 2.05) is 34.6 Å². The van der Waals surface area contributed by atoms with E-state index in [-0.39, 0.29) is 30.1 Å². The number of hydrogen-bond acceptors (Lipinski definition) is 7. The molecule has 1 heterocycles. The molecule has 9 nitrogen and oxygen atoms in total. The fourth-order valence-electron chi connectivity index (χ4n) is 4.13. The maximum absolute atomic E-state index is 12.8. The van der Waals surface area contributed by atoms with Crippen LogP contribution in [0.2, 0.25) is 0 Å².